The molecule has 0 radical (unpaired) electrons. The van der Waals surface area contributed by atoms with Crippen LogP contribution in [0.3, 0.4) is 0 Å². The third-order valence-corrected chi connectivity index (χ3v) is 4.52. The molecule has 2 fully saturated rings. The van der Waals surface area contributed by atoms with Gasteiger partial charge in [-0.15, -0.1) is 0 Å². The van der Waals surface area contributed by atoms with Gasteiger partial charge in [-0.2, -0.15) is 0 Å². The highest BCUT2D eigenvalue weighted by Gasteiger charge is 2.24. The molecule has 3 N–H and O–H groups in total. The van der Waals surface area contributed by atoms with Gasteiger partial charge in [0.2, 0.25) is 0 Å². The van der Waals surface area contributed by atoms with E-state index in [1.54, 1.807) is 12.1 Å². The van der Waals surface area contributed by atoms with Crippen LogP contribution in [0.15, 0.2) is 12.1 Å². The summed E-state index contributed by atoms with van der Waals surface area (Å²) in [7, 11) is 3.42. The van der Waals surface area contributed by atoms with E-state index in [9.17, 15) is 4.79 Å². The Bertz CT molecular complexity index is 604. The maximum absolute atomic E-state index is 11.9. The van der Waals surface area contributed by atoms with E-state index in [0.29, 0.717) is 29.2 Å². The van der Waals surface area contributed by atoms with E-state index in [1.165, 1.54) is 7.11 Å². The van der Waals surface area contributed by atoms with Crippen LogP contribution >= 0.6 is 0 Å². The molecule has 2 atom stereocenters. The number of nitrogen functional groups attached to an aromatic ring is 1. The van der Waals surface area contributed by atoms with E-state index in [1.807, 2.05) is 0 Å². The van der Waals surface area contributed by atoms with Gasteiger partial charge in [-0.3, -0.25) is 0 Å². The maximum Gasteiger partial charge on any atom is 0.338 e. The van der Waals surface area contributed by atoms with Gasteiger partial charge in [0.1, 0.15) is 11.9 Å². The Morgan fingerprint density at radius 3 is 2.83 bits per heavy atom. The molecule has 132 valence electrons. The van der Waals surface area contributed by atoms with Gasteiger partial charge >= 0.3 is 5.97 Å². The number of rotatable bonds is 6. The van der Waals surface area contributed by atoms with E-state index in [0.717, 1.165) is 32.5 Å². The lowest BCUT2D eigenvalue weighted by molar-refractivity contribution is -0.0410. The second kappa shape index (κ2) is 7.27. The molecule has 0 amide bonds. The molecule has 1 aromatic rings. The zero-order chi connectivity index (χ0) is 17.1. The maximum atomic E-state index is 11.9. The fourth-order valence-corrected chi connectivity index (χ4v) is 2.95. The van der Waals surface area contributed by atoms with Crippen LogP contribution < -0.4 is 15.8 Å². The van der Waals surface area contributed by atoms with Crippen LogP contribution in [0.1, 0.15) is 23.2 Å². The number of carbonyl (C=O) groups excluding carboxylic acids is 1. The Kier molecular flexibility index (Phi) is 5.11. The fraction of sp³-hybridized carbons (Fsp3) is 0.588. The van der Waals surface area contributed by atoms with E-state index in [4.69, 9.17) is 19.9 Å². The molecule has 0 spiro atoms. The van der Waals surface area contributed by atoms with Gasteiger partial charge in [0.05, 0.1) is 30.2 Å². The molecule has 3 rings (SSSR count). The number of hydrogen-bond donors (Lipinski definition) is 2. The summed E-state index contributed by atoms with van der Waals surface area (Å²) in [6.07, 6.45) is 2.24. The summed E-state index contributed by atoms with van der Waals surface area (Å²) in [5.74, 6) is 0.113. The number of benzene rings is 1. The van der Waals surface area contributed by atoms with Gasteiger partial charge < -0.3 is 30.2 Å². The third-order valence-electron chi connectivity index (χ3n) is 4.52. The van der Waals surface area contributed by atoms with E-state index in [2.05, 4.69) is 17.3 Å². The number of hydrogen-bond acceptors (Lipinski definition) is 7. The minimum absolute atomic E-state index is 0.0769. The SMILES string of the molecule is COC(=O)c1cc(NC[C@@H]2CCO2)c(N)c(OC2CCN(C)C2)c1. The number of likely N-dealkylation sites (N-methyl/N-ethyl adjacent to an activating group) is 1. The molecule has 7 nitrogen and oxygen atoms in total. The van der Waals surface area contributed by atoms with Gasteiger partial charge in [0.15, 0.2) is 0 Å². The summed E-state index contributed by atoms with van der Waals surface area (Å²) in [5.41, 5.74) is 7.87. The largest absolute Gasteiger partial charge is 0.487 e. The fourth-order valence-electron chi connectivity index (χ4n) is 2.95. The Morgan fingerprint density at radius 1 is 1.46 bits per heavy atom. The quantitative estimate of drug-likeness (QED) is 0.599. The van der Waals surface area contributed by atoms with Crippen LogP contribution in [0, 0.1) is 0 Å². The van der Waals surface area contributed by atoms with Crippen LogP contribution in [0.4, 0.5) is 11.4 Å². The van der Waals surface area contributed by atoms with Crippen molar-refractivity contribution < 1.29 is 19.0 Å². The first kappa shape index (κ1) is 16.9. The molecule has 1 aromatic carbocycles. The molecule has 7 heteroatoms. The molecule has 0 aliphatic carbocycles. The summed E-state index contributed by atoms with van der Waals surface area (Å²) < 4.78 is 16.3. The molecule has 1 unspecified atom stereocenters. The minimum atomic E-state index is -0.411. The van der Waals surface area contributed by atoms with Gasteiger partial charge in [-0.25, -0.2) is 4.79 Å². The molecule has 2 heterocycles. The van der Waals surface area contributed by atoms with Crippen molar-refractivity contribution >= 4 is 17.3 Å². The molecule has 2 aliphatic heterocycles. The standard InChI is InChI=1S/C17H25N3O4/c1-20-5-3-13(10-20)24-15-8-11(17(21)22-2)7-14(16(15)18)19-9-12-4-6-23-12/h7-8,12-13,19H,3-6,9-10,18H2,1-2H3/t12-,13?/m0/s1. The summed E-state index contributed by atoms with van der Waals surface area (Å²) in [5, 5.41) is 3.26. The molecular weight excluding hydrogens is 310 g/mol. The lowest BCUT2D eigenvalue weighted by atomic mass is 10.1. The van der Waals surface area contributed by atoms with Crippen molar-refractivity contribution in [3.05, 3.63) is 17.7 Å². The van der Waals surface area contributed by atoms with Crippen molar-refractivity contribution in [3.8, 4) is 5.75 Å². The number of anilines is 2. The molecule has 0 bridgehead atoms. The summed E-state index contributed by atoms with van der Waals surface area (Å²) in [4.78, 5) is 14.2. The van der Waals surface area contributed by atoms with Crippen molar-refractivity contribution in [1.82, 2.24) is 4.90 Å². The Labute approximate surface area is 142 Å². The topological polar surface area (TPSA) is 86.0 Å². The van der Waals surface area contributed by atoms with Crippen molar-refractivity contribution in [2.24, 2.45) is 0 Å². The Hall–Kier alpha value is -1.99. The number of nitrogens with one attached hydrogen (secondary N) is 1. The summed E-state index contributed by atoms with van der Waals surface area (Å²) in [6.45, 7) is 3.29. The van der Waals surface area contributed by atoms with Crippen LogP contribution in [-0.4, -0.2) is 63.5 Å². The van der Waals surface area contributed by atoms with Gasteiger partial charge in [0.25, 0.3) is 0 Å². The van der Waals surface area contributed by atoms with Crippen molar-refractivity contribution in [2.45, 2.75) is 25.0 Å². The summed E-state index contributed by atoms with van der Waals surface area (Å²) in [6, 6.07) is 3.36. The normalized spacial score (nSPS) is 23.6. The van der Waals surface area contributed by atoms with Crippen LogP contribution in [0.25, 0.3) is 0 Å². The predicted octanol–water partition coefficient (Wildman–Crippen LogP) is 1.34. The molecule has 0 saturated carbocycles. The number of carbonyl (C=O) groups is 1. The second-order valence-corrected chi connectivity index (χ2v) is 6.38. The zero-order valence-corrected chi connectivity index (χ0v) is 14.2. The monoisotopic (exact) mass is 335 g/mol. The molecule has 24 heavy (non-hydrogen) atoms. The number of ether oxygens (including phenoxy) is 3. The number of nitrogens with two attached hydrogens (primary N) is 1. The van der Waals surface area contributed by atoms with Crippen LogP contribution in [0.2, 0.25) is 0 Å². The van der Waals surface area contributed by atoms with Gasteiger partial charge in [-0.1, -0.05) is 0 Å². The van der Waals surface area contributed by atoms with Crippen molar-refractivity contribution in [3.63, 3.8) is 0 Å². The van der Waals surface area contributed by atoms with E-state index < -0.39 is 5.97 Å². The van der Waals surface area contributed by atoms with E-state index >= 15 is 0 Å². The van der Waals surface area contributed by atoms with Crippen LogP contribution in [-0.2, 0) is 9.47 Å². The lowest BCUT2D eigenvalue weighted by Gasteiger charge is -2.27. The third kappa shape index (κ3) is 3.73. The average Bonchev–Trinajstić information content (AvgIpc) is 2.93. The first-order valence-electron chi connectivity index (χ1n) is 8.29. The number of nitrogens with zero attached hydrogens (tertiary/aromatic N) is 1. The Balaban J connectivity index is 1.80. The highest BCUT2D eigenvalue weighted by atomic mass is 16.5. The lowest BCUT2D eigenvalue weighted by Crippen LogP contribution is -2.33. The Morgan fingerprint density at radius 2 is 2.25 bits per heavy atom. The zero-order valence-electron chi connectivity index (χ0n) is 14.2. The molecular formula is C17H25N3O4. The second-order valence-electron chi connectivity index (χ2n) is 6.38. The average molecular weight is 335 g/mol. The highest BCUT2D eigenvalue weighted by Crippen LogP contribution is 2.34. The number of methoxy groups -OCH3 is 1. The minimum Gasteiger partial charge on any atom is -0.487 e. The first-order valence-corrected chi connectivity index (χ1v) is 8.29. The van der Waals surface area contributed by atoms with Gasteiger partial charge in [-0.05, 0) is 32.0 Å². The van der Waals surface area contributed by atoms with Crippen molar-refractivity contribution in [1.29, 1.82) is 0 Å². The first-order chi connectivity index (χ1) is 11.6. The highest BCUT2D eigenvalue weighted by molar-refractivity contribution is 5.93. The molecule has 0 aromatic heterocycles. The van der Waals surface area contributed by atoms with E-state index in [-0.39, 0.29) is 12.2 Å². The van der Waals surface area contributed by atoms with Crippen LogP contribution in [0.5, 0.6) is 5.75 Å². The van der Waals surface area contributed by atoms with Crippen molar-refractivity contribution in [2.75, 3.05) is 51.4 Å². The smallest absolute Gasteiger partial charge is 0.338 e. The molecule has 2 aliphatic rings. The summed E-state index contributed by atoms with van der Waals surface area (Å²) >= 11 is 0. The molecule has 2 saturated heterocycles. The van der Waals surface area contributed by atoms with Gasteiger partial charge in [0, 0.05) is 26.2 Å². The number of esters is 1. The predicted molar refractivity (Wildman–Crippen MR) is 91.6 cm³/mol. The number of likely N-dealkylation sites (tertiary alicyclic amines) is 1.